The van der Waals surface area contributed by atoms with Gasteiger partial charge in [-0.3, -0.25) is 14.4 Å². The number of esters is 2. The van der Waals surface area contributed by atoms with Crippen molar-refractivity contribution in [1.82, 2.24) is 0 Å². The number of carbonyl (C=O) groups is 3. The normalized spacial score (nSPS) is 11.2. The molecule has 96 valence electrons. The average molecular weight is 243 g/mol. The van der Waals surface area contributed by atoms with Gasteiger partial charge in [-0.15, -0.1) is 0 Å². The van der Waals surface area contributed by atoms with E-state index in [-0.39, 0.29) is 18.9 Å². The van der Waals surface area contributed by atoms with E-state index in [1.54, 1.807) is 13.8 Å². The summed E-state index contributed by atoms with van der Waals surface area (Å²) in [4.78, 5) is 34.6. The van der Waals surface area contributed by atoms with Gasteiger partial charge in [0.05, 0.1) is 13.2 Å². The summed E-state index contributed by atoms with van der Waals surface area (Å²) in [7, 11) is 0. The fraction of sp³-hybridized carbons (Fsp3) is 0.545. The zero-order valence-corrected chi connectivity index (χ0v) is 10.2. The maximum absolute atomic E-state index is 11.6. The van der Waals surface area contributed by atoms with Crippen LogP contribution in [0.2, 0.25) is 0 Å². The van der Waals surface area contributed by atoms with Crippen molar-refractivity contribution in [2.45, 2.75) is 20.8 Å². The minimum Gasteiger partial charge on any atom is -0.465 e. The van der Waals surface area contributed by atoms with Crippen molar-refractivity contribution in [3.63, 3.8) is 0 Å². The van der Waals surface area contributed by atoms with Gasteiger partial charge in [-0.25, -0.2) is 0 Å². The van der Waals surface area contributed by atoms with Gasteiger partial charge in [0.2, 0.25) is 5.92 Å². The summed E-state index contributed by atoms with van der Waals surface area (Å²) in [6, 6.07) is 0. The predicted octanol–water partition coefficient (Wildman–Crippen LogP) is 0.160. The molecular formula is C11H17NO5. The molecule has 0 heterocycles. The van der Waals surface area contributed by atoms with Gasteiger partial charge in [0.15, 0.2) is 5.78 Å². The van der Waals surface area contributed by atoms with Crippen molar-refractivity contribution in [2.24, 2.45) is 11.7 Å². The zero-order chi connectivity index (χ0) is 13.4. The number of carbonyl (C=O) groups excluding carboxylic acids is 3. The second-order valence-corrected chi connectivity index (χ2v) is 3.23. The van der Waals surface area contributed by atoms with Gasteiger partial charge < -0.3 is 15.2 Å². The molecule has 6 heteroatoms. The summed E-state index contributed by atoms with van der Waals surface area (Å²) in [5, 5.41) is 0. The molecule has 6 nitrogen and oxygen atoms in total. The number of hydrogen-bond acceptors (Lipinski definition) is 6. The van der Waals surface area contributed by atoms with Crippen LogP contribution < -0.4 is 5.73 Å². The lowest BCUT2D eigenvalue weighted by Gasteiger charge is -2.11. The lowest BCUT2D eigenvalue weighted by atomic mass is 10.0. The molecule has 2 N–H and O–H groups in total. The SMILES string of the molecule is CCOC(=O)C(C(=O)C=C(C)N)C(=O)OCC. The molecular weight excluding hydrogens is 226 g/mol. The van der Waals surface area contributed by atoms with Gasteiger partial charge in [-0.1, -0.05) is 0 Å². The van der Waals surface area contributed by atoms with Gasteiger partial charge in [-0.05, 0) is 20.8 Å². The van der Waals surface area contributed by atoms with E-state index in [4.69, 9.17) is 5.73 Å². The Balaban J connectivity index is 4.97. The maximum Gasteiger partial charge on any atom is 0.328 e. The quantitative estimate of drug-likeness (QED) is 0.405. The van der Waals surface area contributed by atoms with Crippen molar-refractivity contribution < 1.29 is 23.9 Å². The molecule has 0 spiro atoms. The van der Waals surface area contributed by atoms with Crippen LogP contribution in [0, 0.1) is 5.92 Å². The highest BCUT2D eigenvalue weighted by Gasteiger charge is 2.35. The Morgan fingerprint density at radius 2 is 1.53 bits per heavy atom. The van der Waals surface area contributed by atoms with Gasteiger partial charge >= 0.3 is 11.9 Å². The Kier molecular flexibility index (Phi) is 6.62. The van der Waals surface area contributed by atoms with Gasteiger partial charge in [-0.2, -0.15) is 0 Å². The van der Waals surface area contributed by atoms with Crippen LogP contribution in [-0.4, -0.2) is 30.9 Å². The Morgan fingerprint density at radius 1 is 1.12 bits per heavy atom. The van der Waals surface area contributed by atoms with E-state index >= 15 is 0 Å². The number of rotatable bonds is 6. The number of ketones is 1. The largest absolute Gasteiger partial charge is 0.465 e. The summed E-state index contributed by atoms with van der Waals surface area (Å²) in [5.74, 6) is -4.17. The van der Waals surface area contributed by atoms with E-state index in [0.717, 1.165) is 6.08 Å². The summed E-state index contributed by atoms with van der Waals surface area (Å²) in [6.45, 7) is 4.79. The van der Waals surface area contributed by atoms with Gasteiger partial charge in [0.1, 0.15) is 0 Å². The monoisotopic (exact) mass is 243 g/mol. The average Bonchev–Trinajstić information content (AvgIpc) is 2.17. The van der Waals surface area contributed by atoms with Gasteiger partial charge in [0.25, 0.3) is 0 Å². The molecule has 0 atom stereocenters. The first-order chi connectivity index (χ1) is 7.93. The minimum atomic E-state index is -1.59. The lowest BCUT2D eigenvalue weighted by Crippen LogP contribution is -2.34. The molecule has 0 amide bonds. The van der Waals surface area contributed by atoms with E-state index in [0.29, 0.717) is 0 Å². The number of allylic oxidation sites excluding steroid dienone is 2. The highest BCUT2D eigenvalue weighted by Crippen LogP contribution is 2.07. The molecule has 0 aliphatic carbocycles. The second-order valence-electron chi connectivity index (χ2n) is 3.23. The number of hydrogen-bond donors (Lipinski definition) is 1. The molecule has 0 radical (unpaired) electrons. The van der Waals surface area contributed by atoms with Crippen LogP contribution in [0.3, 0.4) is 0 Å². The van der Waals surface area contributed by atoms with Crippen molar-refractivity contribution in [3.05, 3.63) is 11.8 Å². The molecule has 0 saturated heterocycles. The summed E-state index contributed by atoms with van der Waals surface area (Å²) in [6.07, 6.45) is 1.01. The molecule has 0 saturated carbocycles. The highest BCUT2D eigenvalue weighted by atomic mass is 16.6. The smallest absolute Gasteiger partial charge is 0.328 e. The van der Waals surface area contributed by atoms with E-state index in [2.05, 4.69) is 9.47 Å². The molecule has 0 fully saturated rings. The Labute approximate surface area is 99.8 Å². The molecule has 0 aromatic rings. The topological polar surface area (TPSA) is 95.7 Å². The standard InChI is InChI=1S/C11H17NO5/c1-4-16-10(14)9(11(15)17-5-2)8(13)6-7(3)12/h6,9H,4-5,12H2,1-3H3. The molecule has 0 aromatic carbocycles. The molecule has 0 bridgehead atoms. The molecule has 0 rings (SSSR count). The lowest BCUT2D eigenvalue weighted by molar-refractivity contribution is -0.163. The van der Waals surface area contributed by atoms with E-state index in [1.807, 2.05) is 0 Å². The first-order valence-corrected chi connectivity index (χ1v) is 5.24. The first-order valence-electron chi connectivity index (χ1n) is 5.24. The van der Waals surface area contributed by atoms with Crippen molar-refractivity contribution in [1.29, 1.82) is 0 Å². The van der Waals surface area contributed by atoms with Crippen molar-refractivity contribution in [3.8, 4) is 0 Å². The zero-order valence-electron chi connectivity index (χ0n) is 10.2. The third kappa shape index (κ3) is 5.14. The van der Waals surface area contributed by atoms with Crippen LogP contribution in [0.4, 0.5) is 0 Å². The van der Waals surface area contributed by atoms with E-state index < -0.39 is 23.6 Å². The third-order valence-electron chi connectivity index (χ3n) is 1.70. The van der Waals surface area contributed by atoms with E-state index in [1.165, 1.54) is 6.92 Å². The minimum absolute atomic E-state index is 0.0767. The first kappa shape index (κ1) is 15.2. The van der Waals surface area contributed by atoms with Crippen LogP contribution in [-0.2, 0) is 23.9 Å². The summed E-state index contributed by atoms with van der Waals surface area (Å²) >= 11 is 0. The van der Waals surface area contributed by atoms with Crippen LogP contribution in [0.1, 0.15) is 20.8 Å². The van der Waals surface area contributed by atoms with Crippen LogP contribution >= 0.6 is 0 Å². The molecule has 17 heavy (non-hydrogen) atoms. The fourth-order valence-electron chi connectivity index (χ4n) is 1.09. The fourth-order valence-corrected chi connectivity index (χ4v) is 1.09. The van der Waals surface area contributed by atoms with Crippen LogP contribution in [0.25, 0.3) is 0 Å². The molecule has 0 unspecified atom stereocenters. The third-order valence-corrected chi connectivity index (χ3v) is 1.70. The summed E-state index contributed by atoms with van der Waals surface area (Å²) in [5.41, 5.74) is 5.52. The Morgan fingerprint density at radius 3 is 1.82 bits per heavy atom. The maximum atomic E-state index is 11.6. The van der Waals surface area contributed by atoms with Crippen molar-refractivity contribution >= 4 is 17.7 Å². The number of ether oxygens (including phenoxy) is 2. The van der Waals surface area contributed by atoms with Gasteiger partial charge in [0, 0.05) is 11.8 Å². The predicted molar refractivity (Wildman–Crippen MR) is 59.7 cm³/mol. The van der Waals surface area contributed by atoms with Crippen LogP contribution in [0.5, 0.6) is 0 Å². The Hall–Kier alpha value is -1.85. The Bertz CT molecular complexity index is 313. The molecule has 0 aliphatic heterocycles. The number of nitrogens with two attached hydrogens (primary N) is 1. The second kappa shape index (κ2) is 7.43. The summed E-state index contributed by atoms with van der Waals surface area (Å²) < 4.78 is 9.29. The van der Waals surface area contributed by atoms with Crippen molar-refractivity contribution in [2.75, 3.05) is 13.2 Å². The van der Waals surface area contributed by atoms with E-state index in [9.17, 15) is 14.4 Å². The van der Waals surface area contributed by atoms with Crippen LogP contribution in [0.15, 0.2) is 11.8 Å². The molecule has 0 aliphatic rings. The highest BCUT2D eigenvalue weighted by molar-refractivity contribution is 6.18. The molecule has 0 aromatic heterocycles.